The summed E-state index contributed by atoms with van der Waals surface area (Å²) < 4.78 is 12.2. The Morgan fingerprint density at radius 2 is 1.61 bits per heavy atom. The summed E-state index contributed by atoms with van der Waals surface area (Å²) in [5.41, 5.74) is 6.30. The zero-order chi connectivity index (χ0) is 22.2. The van der Waals surface area contributed by atoms with E-state index in [4.69, 9.17) is 4.74 Å². The Morgan fingerprint density at radius 1 is 0.818 bits per heavy atom. The molecule has 0 unspecified atom stereocenters. The second kappa shape index (κ2) is 8.14. The topological polar surface area (TPSA) is 23.2 Å². The van der Waals surface area contributed by atoms with E-state index in [2.05, 4.69) is 105 Å². The summed E-state index contributed by atoms with van der Waals surface area (Å²) in [6.07, 6.45) is 8.71. The summed E-state index contributed by atoms with van der Waals surface area (Å²) in [4.78, 5) is 0. The van der Waals surface area contributed by atoms with Crippen LogP contribution in [0.1, 0.15) is 12.0 Å². The Bertz CT molecular complexity index is 1560. The summed E-state index contributed by atoms with van der Waals surface area (Å²) in [6.45, 7) is 0.978. The summed E-state index contributed by atoms with van der Waals surface area (Å²) >= 11 is 0. The van der Waals surface area contributed by atoms with Gasteiger partial charge in [-0.3, -0.25) is 0 Å². The molecule has 0 aliphatic carbocycles. The molecule has 162 valence electrons. The third kappa shape index (κ3) is 3.44. The third-order valence-electron chi connectivity index (χ3n) is 6.50. The maximum absolute atomic E-state index is 5.32. The molecule has 0 aliphatic heterocycles. The Hall–Kier alpha value is -4.05. The van der Waals surface area contributed by atoms with Crippen LogP contribution in [0.5, 0.6) is 5.75 Å². The Kier molecular flexibility index (Phi) is 4.84. The van der Waals surface area contributed by atoms with Crippen molar-refractivity contribution >= 4 is 27.3 Å². The smallest absolute Gasteiger partial charge is 0.254 e. The highest BCUT2D eigenvalue weighted by Crippen LogP contribution is 2.31. The molecule has 6 rings (SSSR count). The summed E-state index contributed by atoms with van der Waals surface area (Å²) in [5.74, 6) is 0.865. The summed E-state index contributed by atoms with van der Waals surface area (Å²) in [5, 5.41) is 2.62. The number of para-hydroxylation sites is 1. The van der Waals surface area contributed by atoms with E-state index in [1.807, 2.05) is 12.1 Å². The van der Waals surface area contributed by atoms with Gasteiger partial charge in [-0.05, 0) is 54.8 Å². The largest absolute Gasteiger partial charge is 0.497 e. The molecule has 3 aromatic heterocycles. The molecule has 4 heteroatoms. The molecular weight excluding hydrogens is 406 g/mol. The van der Waals surface area contributed by atoms with Gasteiger partial charge in [-0.1, -0.05) is 48.5 Å². The van der Waals surface area contributed by atoms with Crippen molar-refractivity contribution in [1.29, 1.82) is 0 Å². The lowest BCUT2D eigenvalue weighted by molar-refractivity contribution is -0.510. The van der Waals surface area contributed by atoms with Crippen molar-refractivity contribution in [1.82, 2.24) is 9.13 Å². The lowest BCUT2D eigenvalue weighted by Gasteiger charge is -2.07. The first kappa shape index (κ1) is 19.6. The molecule has 0 atom stereocenters. The number of aromatic nitrogens is 3. The van der Waals surface area contributed by atoms with Gasteiger partial charge in [-0.15, -0.1) is 0 Å². The minimum atomic E-state index is 0.865. The van der Waals surface area contributed by atoms with Gasteiger partial charge in [0.25, 0.3) is 6.33 Å². The Morgan fingerprint density at radius 3 is 2.42 bits per heavy atom. The van der Waals surface area contributed by atoms with Crippen LogP contribution in [0.3, 0.4) is 0 Å². The van der Waals surface area contributed by atoms with E-state index in [9.17, 15) is 0 Å². The second-order valence-electron chi connectivity index (χ2n) is 8.48. The molecule has 0 N–H and O–H groups in total. The number of pyridine rings is 1. The van der Waals surface area contributed by atoms with E-state index < -0.39 is 0 Å². The van der Waals surface area contributed by atoms with Crippen LogP contribution in [0.2, 0.25) is 0 Å². The van der Waals surface area contributed by atoms with Crippen molar-refractivity contribution in [3.8, 4) is 11.4 Å². The highest BCUT2D eigenvalue weighted by Gasteiger charge is 2.19. The van der Waals surface area contributed by atoms with Gasteiger partial charge in [0.15, 0.2) is 5.52 Å². The van der Waals surface area contributed by atoms with Crippen LogP contribution in [0.4, 0.5) is 0 Å². The quantitative estimate of drug-likeness (QED) is 0.298. The maximum atomic E-state index is 5.32. The van der Waals surface area contributed by atoms with Crippen LogP contribution in [0.25, 0.3) is 33.0 Å². The van der Waals surface area contributed by atoms with Crippen LogP contribution in [0.15, 0.2) is 104 Å². The first-order valence-electron chi connectivity index (χ1n) is 11.4. The predicted octanol–water partition coefficient (Wildman–Crippen LogP) is 5.97. The summed E-state index contributed by atoms with van der Waals surface area (Å²) in [6, 6.07) is 29.9. The Labute approximate surface area is 192 Å². The average molecular weight is 433 g/mol. The van der Waals surface area contributed by atoms with Crippen LogP contribution < -0.4 is 9.14 Å². The van der Waals surface area contributed by atoms with Gasteiger partial charge in [0, 0.05) is 22.8 Å². The molecular formula is C29H26N3O+. The standard InChI is InChI=1S/C29H26N3O/c1-33-24-15-13-23(14-16-24)31-20-28-29-26(17-19-30(28)21-31)25-11-5-6-12-27(25)32(29)18-7-10-22-8-3-2-4-9-22/h2-6,8-9,11-17,19-21H,7,10,18H2,1H3/q+1. The van der Waals surface area contributed by atoms with E-state index in [1.54, 1.807) is 7.11 Å². The SMILES string of the molecule is COc1ccc(-n2cc3c4c(cc[n+]3c2)c2ccccc2n4CCCc2ccccc2)cc1. The van der Waals surface area contributed by atoms with Crippen LogP contribution in [-0.4, -0.2) is 16.2 Å². The highest BCUT2D eigenvalue weighted by molar-refractivity contribution is 6.11. The van der Waals surface area contributed by atoms with E-state index in [0.29, 0.717) is 0 Å². The van der Waals surface area contributed by atoms with Gasteiger partial charge in [-0.25, -0.2) is 8.97 Å². The van der Waals surface area contributed by atoms with E-state index >= 15 is 0 Å². The van der Waals surface area contributed by atoms with Crippen molar-refractivity contribution in [2.24, 2.45) is 0 Å². The minimum absolute atomic E-state index is 0.865. The van der Waals surface area contributed by atoms with E-state index in [0.717, 1.165) is 30.8 Å². The number of fused-ring (bicyclic) bond motifs is 5. The molecule has 3 heterocycles. The summed E-state index contributed by atoms with van der Waals surface area (Å²) in [7, 11) is 1.70. The number of hydrogen-bond donors (Lipinski definition) is 0. The number of benzene rings is 3. The molecule has 0 radical (unpaired) electrons. The molecule has 3 aromatic carbocycles. The number of hydrogen-bond acceptors (Lipinski definition) is 1. The molecule has 0 spiro atoms. The number of ether oxygens (including phenoxy) is 1. The van der Waals surface area contributed by atoms with Gasteiger partial charge in [0.05, 0.1) is 13.3 Å². The van der Waals surface area contributed by atoms with Crippen molar-refractivity contribution < 1.29 is 9.14 Å². The molecule has 6 aromatic rings. The predicted molar refractivity (Wildman–Crippen MR) is 133 cm³/mol. The number of nitrogens with zero attached hydrogens (tertiary/aromatic N) is 3. The molecule has 0 saturated carbocycles. The average Bonchev–Trinajstić information content (AvgIpc) is 3.44. The van der Waals surface area contributed by atoms with Gasteiger partial charge < -0.3 is 9.30 Å². The molecule has 0 bridgehead atoms. The molecule has 0 amide bonds. The van der Waals surface area contributed by atoms with Gasteiger partial charge in [-0.2, -0.15) is 0 Å². The van der Waals surface area contributed by atoms with Crippen molar-refractivity contribution in [2.45, 2.75) is 19.4 Å². The normalized spacial score (nSPS) is 11.5. The first-order chi connectivity index (χ1) is 16.3. The Balaban J connectivity index is 1.47. The fraction of sp³-hybridized carbons (Fsp3) is 0.138. The zero-order valence-electron chi connectivity index (χ0n) is 18.7. The highest BCUT2D eigenvalue weighted by atomic mass is 16.5. The van der Waals surface area contributed by atoms with Gasteiger partial charge >= 0.3 is 0 Å². The molecule has 33 heavy (non-hydrogen) atoms. The number of imidazole rings is 1. The zero-order valence-corrected chi connectivity index (χ0v) is 18.7. The van der Waals surface area contributed by atoms with Crippen LogP contribution >= 0.6 is 0 Å². The molecule has 4 nitrogen and oxygen atoms in total. The van der Waals surface area contributed by atoms with Gasteiger partial charge in [0.2, 0.25) is 0 Å². The minimum Gasteiger partial charge on any atom is -0.497 e. The van der Waals surface area contributed by atoms with Crippen molar-refractivity contribution in [2.75, 3.05) is 7.11 Å². The van der Waals surface area contributed by atoms with Crippen LogP contribution in [-0.2, 0) is 13.0 Å². The molecule has 0 saturated heterocycles. The second-order valence-corrected chi connectivity index (χ2v) is 8.48. The van der Waals surface area contributed by atoms with Crippen molar-refractivity contribution in [3.63, 3.8) is 0 Å². The lowest BCUT2D eigenvalue weighted by atomic mass is 10.1. The molecule has 0 aliphatic rings. The van der Waals surface area contributed by atoms with E-state index in [-0.39, 0.29) is 0 Å². The number of methoxy groups -OCH3 is 1. The van der Waals surface area contributed by atoms with E-state index in [1.165, 1.54) is 32.9 Å². The van der Waals surface area contributed by atoms with Crippen molar-refractivity contribution in [3.05, 3.63) is 109 Å². The number of rotatable bonds is 6. The maximum Gasteiger partial charge on any atom is 0.254 e. The fourth-order valence-electron chi connectivity index (χ4n) is 4.87. The monoisotopic (exact) mass is 432 g/mol. The third-order valence-corrected chi connectivity index (χ3v) is 6.50. The molecule has 0 fully saturated rings. The lowest BCUT2D eigenvalue weighted by Crippen LogP contribution is -2.18. The van der Waals surface area contributed by atoms with Gasteiger partial charge in [0.1, 0.15) is 23.2 Å². The number of aryl methyl sites for hydroxylation is 2. The first-order valence-corrected chi connectivity index (χ1v) is 11.4. The van der Waals surface area contributed by atoms with Crippen LogP contribution in [0, 0.1) is 0 Å². The fourth-order valence-corrected chi connectivity index (χ4v) is 4.87.